The molecule has 22 heavy (non-hydrogen) atoms. The normalized spacial score (nSPS) is 21.6. The summed E-state index contributed by atoms with van der Waals surface area (Å²) in [5.74, 6) is 1.11. The zero-order chi connectivity index (χ0) is 16.2. The molecule has 1 aromatic rings. The van der Waals surface area contributed by atoms with E-state index >= 15 is 0 Å². The number of guanidine groups is 1. The van der Waals surface area contributed by atoms with Gasteiger partial charge in [0.25, 0.3) is 0 Å². The number of hydrogen-bond donors (Lipinski definition) is 2. The van der Waals surface area contributed by atoms with Gasteiger partial charge in [0.05, 0.1) is 11.5 Å². The molecule has 0 bridgehead atoms. The summed E-state index contributed by atoms with van der Waals surface area (Å²) >= 11 is 0. The van der Waals surface area contributed by atoms with Crippen LogP contribution in [0, 0.1) is 0 Å². The lowest BCUT2D eigenvalue weighted by Gasteiger charge is -2.27. The van der Waals surface area contributed by atoms with Crippen molar-refractivity contribution >= 4 is 15.8 Å². The molecule has 1 heterocycles. The third-order valence-electron chi connectivity index (χ3n) is 4.05. The van der Waals surface area contributed by atoms with Crippen LogP contribution in [-0.2, 0) is 15.3 Å². The first-order valence-corrected chi connectivity index (χ1v) is 9.38. The molecule has 1 aliphatic rings. The van der Waals surface area contributed by atoms with Crippen molar-refractivity contribution in [2.24, 2.45) is 4.99 Å². The van der Waals surface area contributed by atoms with Crippen LogP contribution in [0.2, 0.25) is 0 Å². The Bertz CT molecular complexity index is 624. The fraction of sp³-hybridized carbons (Fsp3) is 0.562. The fourth-order valence-electron chi connectivity index (χ4n) is 2.59. The van der Waals surface area contributed by atoms with E-state index in [-0.39, 0.29) is 23.0 Å². The minimum Gasteiger partial charge on any atom is -0.356 e. The first kappa shape index (κ1) is 16.8. The zero-order valence-corrected chi connectivity index (χ0v) is 14.3. The van der Waals surface area contributed by atoms with Crippen LogP contribution in [-0.4, -0.2) is 45.5 Å². The average molecular weight is 323 g/mol. The Kier molecular flexibility index (Phi) is 5.11. The summed E-state index contributed by atoms with van der Waals surface area (Å²) in [4.78, 5) is 4.20. The number of nitrogens with zero attached hydrogens (tertiary/aromatic N) is 1. The maximum absolute atomic E-state index is 11.5. The van der Waals surface area contributed by atoms with Gasteiger partial charge in [-0.1, -0.05) is 44.2 Å². The highest BCUT2D eigenvalue weighted by molar-refractivity contribution is 7.91. The van der Waals surface area contributed by atoms with Crippen LogP contribution >= 0.6 is 0 Å². The van der Waals surface area contributed by atoms with Crippen LogP contribution in [0.3, 0.4) is 0 Å². The molecule has 0 amide bonds. The van der Waals surface area contributed by atoms with Crippen molar-refractivity contribution in [1.29, 1.82) is 0 Å². The summed E-state index contributed by atoms with van der Waals surface area (Å²) in [7, 11) is -1.18. The van der Waals surface area contributed by atoms with Gasteiger partial charge in [0.1, 0.15) is 0 Å². The van der Waals surface area contributed by atoms with Crippen LogP contribution in [0.25, 0.3) is 0 Å². The summed E-state index contributed by atoms with van der Waals surface area (Å²) < 4.78 is 23.0. The highest BCUT2D eigenvalue weighted by atomic mass is 32.2. The van der Waals surface area contributed by atoms with E-state index in [4.69, 9.17) is 0 Å². The monoisotopic (exact) mass is 323 g/mol. The van der Waals surface area contributed by atoms with Crippen molar-refractivity contribution in [3.05, 3.63) is 35.9 Å². The number of aliphatic imine (C=N–C) groups is 1. The Balaban J connectivity index is 1.92. The second-order valence-electron chi connectivity index (χ2n) is 6.42. The second-order valence-corrected chi connectivity index (χ2v) is 8.65. The van der Waals surface area contributed by atoms with Crippen molar-refractivity contribution in [2.75, 3.05) is 25.1 Å². The standard InChI is InChI=1S/C16H25N3O2S/c1-16(2,13-7-5-4-6-8-13)12-18-15(17-3)19-14-9-10-22(20,21)11-14/h4-8,14H,9-12H2,1-3H3,(H2,17,18,19). The summed E-state index contributed by atoms with van der Waals surface area (Å²) in [5, 5.41) is 6.51. The Morgan fingerprint density at radius 2 is 2.00 bits per heavy atom. The van der Waals surface area contributed by atoms with Crippen LogP contribution < -0.4 is 10.6 Å². The molecule has 6 heteroatoms. The summed E-state index contributed by atoms with van der Waals surface area (Å²) in [6.45, 7) is 5.06. The lowest BCUT2D eigenvalue weighted by atomic mass is 9.85. The highest BCUT2D eigenvalue weighted by Gasteiger charge is 2.28. The summed E-state index contributed by atoms with van der Waals surface area (Å²) in [6, 6.07) is 10.3. The average Bonchev–Trinajstić information content (AvgIpc) is 2.83. The molecule has 1 saturated heterocycles. The topological polar surface area (TPSA) is 70.6 Å². The summed E-state index contributed by atoms with van der Waals surface area (Å²) in [6.07, 6.45) is 0.644. The van der Waals surface area contributed by atoms with E-state index in [1.54, 1.807) is 7.05 Å². The molecule has 2 N–H and O–H groups in total. The van der Waals surface area contributed by atoms with E-state index in [0.29, 0.717) is 12.4 Å². The van der Waals surface area contributed by atoms with E-state index in [1.165, 1.54) is 5.56 Å². The molecular weight excluding hydrogens is 298 g/mol. The third-order valence-corrected chi connectivity index (χ3v) is 5.82. The maximum atomic E-state index is 11.5. The first-order valence-electron chi connectivity index (χ1n) is 7.55. The zero-order valence-electron chi connectivity index (χ0n) is 13.5. The molecule has 1 aliphatic heterocycles. The Hall–Kier alpha value is -1.56. The van der Waals surface area contributed by atoms with Gasteiger partial charge in [0.2, 0.25) is 0 Å². The predicted octanol–water partition coefficient (Wildman–Crippen LogP) is 1.32. The quantitative estimate of drug-likeness (QED) is 0.647. The number of hydrogen-bond acceptors (Lipinski definition) is 3. The van der Waals surface area contributed by atoms with E-state index < -0.39 is 9.84 Å². The number of rotatable bonds is 4. The van der Waals surface area contributed by atoms with E-state index in [2.05, 4.69) is 41.6 Å². The van der Waals surface area contributed by atoms with E-state index in [1.807, 2.05) is 18.2 Å². The van der Waals surface area contributed by atoms with Gasteiger partial charge < -0.3 is 10.6 Å². The minimum absolute atomic E-state index is 0.0410. The van der Waals surface area contributed by atoms with Crippen molar-refractivity contribution < 1.29 is 8.42 Å². The van der Waals surface area contributed by atoms with Crippen LogP contribution in [0.15, 0.2) is 35.3 Å². The Morgan fingerprint density at radius 1 is 1.32 bits per heavy atom. The molecular formula is C16H25N3O2S. The molecule has 5 nitrogen and oxygen atoms in total. The fourth-order valence-corrected chi connectivity index (χ4v) is 4.27. The smallest absolute Gasteiger partial charge is 0.191 e. The van der Waals surface area contributed by atoms with Gasteiger partial charge in [-0.25, -0.2) is 8.42 Å². The molecule has 1 atom stereocenters. The van der Waals surface area contributed by atoms with Crippen molar-refractivity contribution in [2.45, 2.75) is 31.7 Å². The van der Waals surface area contributed by atoms with Crippen molar-refractivity contribution in [3.63, 3.8) is 0 Å². The lowest BCUT2D eigenvalue weighted by Crippen LogP contribution is -2.47. The van der Waals surface area contributed by atoms with Gasteiger partial charge in [0.15, 0.2) is 15.8 Å². The van der Waals surface area contributed by atoms with Gasteiger partial charge in [-0.05, 0) is 12.0 Å². The molecule has 0 aliphatic carbocycles. The molecule has 1 fully saturated rings. The molecule has 2 rings (SSSR count). The Morgan fingerprint density at radius 3 is 2.55 bits per heavy atom. The molecule has 0 spiro atoms. The number of benzene rings is 1. The van der Waals surface area contributed by atoms with Gasteiger partial charge in [-0.3, -0.25) is 4.99 Å². The van der Waals surface area contributed by atoms with Crippen molar-refractivity contribution in [1.82, 2.24) is 10.6 Å². The first-order chi connectivity index (χ1) is 10.3. The van der Waals surface area contributed by atoms with E-state index in [9.17, 15) is 8.42 Å². The predicted molar refractivity (Wildman–Crippen MR) is 91.0 cm³/mol. The van der Waals surface area contributed by atoms with Crippen LogP contribution in [0.5, 0.6) is 0 Å². The van der Waals surface area contributed by atoms with E-state index in [0.717, 1.165) is 6.54 Å². The molecule has 1 aromatic carbocycles. The summed E-state index contributed by atoms with van der Waals surface area (Å²) in [5.41, 5.74) is 1.21. The molecule has 122 valence electrons. The van der Waals surface area contributed by atoms with Gasteiger partial charge >= 0.3 is 0 Å². The van der Waals surface area contributed by atoms with Gasteiger partial charge in [-0.2, -0.15) is 0 Å². The van der Waals surface area contributed by atoms with Crippen LogP contribution in [0.1, 0.15) is 25.8 Å². The van der Waals surface area contributed by atoms with Crippen LogP contribution in [0.4, 0.5) is 0 Å². The number of nitrogens with one attached hydrogen (secondary N) is 2. The van der Waals surface area contributed by atoms with Gasteiger partial charge in [0, 0.05) is 25.0 Å². The SMILES string of the molecule is CN=C(NCC(C)(C)c1ccccc1)NC1CCS(=O)(=O)C1. The maximum Gasteiger partial charge on any atom is 0.191 e. The lowest BCUT2D eigenvalue weighted by molar-refractivity contribution is 0.505. The highest BCUT2D eigenvalue weighted by Crippen LogP contribution is 2.21. The molecule has 0 aromatic heterocycles. The number of sulfone groups is 1. The minimum atomic E-state index is -2.88. The molecule has 0 saturated carbocycles. The van der Waals surface area contributed by atoms with Gasteiger partial charge in [-0.15, -0.1) is 0 Å². The Labute approximate surface area is 133 Å². The third kappa shape index (κ3) is 4.47. The largest absolute Gasteiger partial charge is 0.356 e. The molecule has 0 radical (unpaired) electrons. The van der Waals surface area contributed by atoms with Crippen molar-refractivity contribution in [3.8, 4) is 0 Å². The molecule has 1 unspecified atom stereocenters. The second kappa shape index (κ2) is 6.69.